The van der Waals surface area contributed by atoms with E-state index in [1.165, 1.54) is 12.1 Å². The molecule has 0 amide bonds. The van der Waals surface area contributed by atoms with Crippen LogP contribution < -0.4 is 5.43 Å². The lowest BCUT2D eigenvalue weighted by Gasteiger charge is -2.11. The molecular weight excluding hydrogens is 352 g/mol. The molecule has 0 aliphatic rings. The van der Waals surface area contributed by atoms with E-state index < -0.39 is 4.92 Å². The quantitative estimate of drug-likeness (QED) is 0.386. The lowest BCUT2D eigenvalue weighted by Crippen LogP contribution is -2.00. The lowest BCUT2D eigenvalue weighted by atomic mass is 10.2. The Morgan fingerprint density at radius 3 is 2.50 bits per heavy atom. The van der Waals surface area contributed by atoms with Crippen molar-refractivity contribution in [1.29, 1.82) is 0 Å². The maximum Gasteiger partial charge on any atom is 0.269 e. The number of nitrogens with zero attached hydrogens (tertiary/aromatic N) is 3. The fourth-order valence-corrected chi connectivity index (χ4v) is 2.98. The third-order valence-corrected chi connectivity index (χ3v) is 4.36. The number of aromatic nitrogens is 1. The second kappa shape index (κ2) is 7.41. The largest absolute Gasteiger partial charge is 0.316 e. The molecule has 3 rings (SSSR count). The Balaban J connectivity index is 1.80. The second-order valence-corrected chi connectivity index (χ2v) is 6.19. The predicted octanol–water partition coefficient (Wildman–Crippen LogP) is 5.10. The standard InChI is InChI=1S/C19H17ClN4O2/c1-13-11-15(14(2)23(13)19-6-4-3-5-18(19)20)12-21-22-16-7-9-17(10-8-16)24(25)26/h3-12,22H,1-2H3. The van der Waals surface area contributed by atoms with Crippen LogP contribution >= 0.6 is 11.6 Å². The molecule has 1 N–H and O–H groups in total. The first kappa shape index (κ1) is 17.7. The molecule has 0 radical (unpaired) electrons. The fraction of sp³-hybridized carbons (Fsp3) is 0.105. The number of anilines is 1. The maximum atomic E-state index is 10.7. The van der Waals surface area contributed by atoms with Crippen molar-refractivity contribution in [1.82, 2.24) is 4.57 Å². The van der Waals surface area contributed by atoms with Gasteiger partial charge in [-0.3, -0.25) is 15.5 Å². The van der Waals surface area contributed by atoms with Gasteiger partial charge in [0.1, 0.15) is 0 Å². The SMILES string of the molecule is Cc1cc(C=NNc2ccc([N+](=O)[O-])cc2)c(C)n1-c1ccccc1Cl. The Kier molecular flexibility index (Phi) is 5.04. The van der Waals surface area contributed by atoms with Gasteiger partial charge in [-0.1, -0.05) is 23.7 Å². The van der Waals surface area contributed by atoms with E-state index >= 15 is 0 Å². The molecule has 0 bridgehead atoms. The fourth-order valence-electron chi connectivity index (χ4n) is 2.76. The average molecular weight is 369 g/mol. The molecule has 6 nitrogen and oxygen atoms in total. The Labute approximate surface area is 155 Å². The molecule has 0 atom stereocenters. The molecule has 0 fully saturated rings. The van der Waals surface area contributed by atoms with Crippen molar-refractivity contribution < 1.29 is 4.92 Å². The molecule has 1 aromatic heterocycles. The van der Waals surface area contributed by atoms with Crippen LogP contribution in [0.25, 0.3) is 5.69 Å². The molecule has 1 heterocycles. The van der Waals surface area contributed by atoms with Gasteiger partial charge in [-0.15, -0.1) is 0 Å². The van der Waals surface area contributed by atoms with Gasteiger partial charge in [-0.05, 0) is 44.2 Å². The summed E-state index contributed by atoms with van der Waals surface area (Å²) in [5.41, 5.74) is 7.54. The van der Waals surface area contributed by atoms with Crippen molar-refractivity contribution in [2.45, 2.75) is 13.8 Å². The number of halogens is 1. The molecule has 0 saturated carbocycles. The number of para-hydroxylation sites is 1. The number of hydrazone groups is 1. The number of nitro groups is 1. The number of aryl methyl sites for hydroxylation is 1. The van der Waals surface area contributed by atoms with Gasteiger partial charge in [0, 0.05) is 29.1 Å². The summed E-state index contributed by atoms with van der Waals surface area (Å²) in [5.74, 6) is 0. The van der Waals surface area contributed by atoms with Crippen molar-refractivity contribution >= 4 is 29.2 Å². The van der Waals surface area contributed by atoms with Crippen LogP contribution in [0.1, 0.15) is 17.0 Å². The minimum Gasteiger partial charge on any atom is -0.316 e. The van der Waals surface area contributed by atoms with E-state index in [4.69, 9.17) is 11.6 Å². The smallest absolute Gasteiger partial charge is 0.269 e. The summed E-state index contributed by atoms with van der Waals surface area (Å²) in [5, 5.41) is 15.6. The van der Waals surface area contributed by atoms with E-state index in [1.807, 2.05) is 44.2 Å². The van der Waals surface area contributed by atoms with E-state index in [0.29, 0.717) is 10.7 Å². The van der Waals surface area contributed by atoms with Gasteiger partial charge in [0.2, 0.25) is 0 Å². The first-order valence-corrected chi connectivity index (χ1v) is 8.32. The minimum atomic E-state index is -0.434. The van der Waals surface area contributed by atoms with Gasteiger partial charge in [0.25, 0.3) is 5.69 Å². The summed E-state index contributed by atoms with van der Waals surface area (Å²) in [6, 6.07) is 15.8. The summed E-state index contributed by atoms with van der Waals surface area (Å²) in [4.78, 5) is 10.2. The number of non-ortho nitro benzene ring substituents is 1. The summed E-state index contributed by atoms with van der Waals surface area (Å²) in [7, 11) is 0. The van der Waals surface area contributed by atoms with E-state index in [-0.39, 0.29) is 5.69 Å². The topological polar surface area (TPSA) is 72.5 Å². The second-order valence-electron chi connectivity index (χ2n) is 5.79. The Morgan fingerprint density at radius 1 is 1.15 bits per heavy atom. The highest BCUT2D eigenvalue weighted by Gasteiger charge is 2.11. The van der Waals surface area contributed by atoms with E-state index in [9.17, 15) is 10.1 Å². The van der Waals surface area contributed by atoms with Gasteiger partial charge in [0.05, 0.1) is 27.5 Å². The molecular formula is C19H17ClN4O2. The van der Waals surface area contributed by atoms with Crippen molar-refractivity contribution in [2.75, 3.05) is 5.43 Å². The minimum absolute atomic E-state index is 0.0443. The number of nitrogens with one attached hydrogen (secondary N) is 1. The zero-order valence-electron chi connectivity index (χ0n) is 14.3. The van der Waals surface area contributed by atoms with Crippen LogP contribution in [0.3, 0.4) is 0 Å². The number of nitro benzene ring substituents is 1. The first-order chi connectivity index (χ1) is 12.5. The Hall–Kier alpha value is -3.12. The molecule has 0 unspecified atom stereocenters. The third kappa shape index (κ3) is 3.60. The average Bonchev–Trinajstić information content (AvgIpc) is 2.90. The zero-order valence-corrected chi connectivity index (χ0v) is 15.1. The van der Waals surface area contributed by atoms with E-state index in [0.717, 1.165) is 22.6 Å². The number of rotatable bonds is 5. The summed E-state index contributed by atoms with van der Waals surface area (Å²) in [6.45, 7) is 4.01. The van der Waals surface area contributed by atoms with Crippen molar-refractivity contribution in [3.05, 3.63) is 86.7 Å². The van der Waals surface area contributed by atoms with Gasteiger partial charge < -0.3 is 4.57 Å². The number of hydrogen-bond donors (Lipinski definition) is 1. The molecule has 26 heavy (non-hydrogen) atoms. The van der Waals surface area contributed by atoms with Crippen LogP contribution in [0.2, 0.25) is 5.02 Å². The molecule has 0 spiro atoms. The predicted molar refractivity (Wildman–Crippen MR) is 105 cm³/mol. The van der Waals surface area contributed by atoms with Gasteiger partial charge in [0.15, 0.2) is 0 Å². The molecule has 0 aliphatic heterocycles. The third-order valence-electron chi connectivity index (χ3n) is 4.04. The molecule has 132 valence electrons. The highest BCUT2D eigenvalue weighted by atomic mass is 35.5. The monoisotopic (exact) mass is 368 g/mol. The van der Waals surface area contributed by atoms with Gasteiger partial charge in [-0.25, -0.2) is 0 Å². The van der Waals surface area contributed by atoms with Crippen molar-refractivity contribution in [3.63, 3.8) is 0 Å². The van der Waals surface area contributed by atoms with Crippen LogP contribution in [-0.4, -0.2) is 15.7 Å². The van der Waals surface area contributed by atoms with Crippen LogP contribution in [0.5, 0.6) is 0 Å². The normalized spacial score (nSPS) is 11.0. The Morgan fingerprint density at radius 2 is 1.85 bits per heavy atom. The summed E-state index contributed by atoms with van der Waals surface area (Å²) in [6.07, 6.45) is 1.72. The van der Waals surface area contributed by atoms with Crippen LogP contribution in [0.15, 0.2) is 59.7 Å². The number of hydrogen-bond acceptors (Lipinski definition) is 4. The Bertz CT molecular complexity index is 978. The number of benzene rings is 2. The molecule has 0 saturated heterocycles. The molecule has 2 aromatic carbocycles. The highest BCUT2D eigenvalue weighted by molar-refractivity contribution is 6.32. The van der Waals surface area contributed by atoms with Gasteiger partial charge >= 0.3 is 0 Å². The lowest BCUT2D eigenvalue weighted by molar-refractivity contribution is -0.384. The zero-order chi connectivity index (χ0) is 18.7. The van der Waals surface area contributed by atoms with Gasteiger partial charge in [-0.2, -0.15) is 5.10 Å². The van der Waals surface area contributed by atoms with E-state index in [2.05, 4.69) is 15.1 Å². The van der Waals surface area contributed by atoms with Crippen LogP contribution in [0.4, 0.5) is 11.4 Å². The van der Waals surface area contributed by atoms with Crippen LogP contribution in [0, 0.1) is 24.0 Å². The highest BCUT2D eigenvalue weighted by Crippen LogP contribution is 2.25. The van der Waals surface area contributed by atoms with Crippen LogP contribution in [-0.2, 0) is 0 Å². The van der Waals surface area contributed by atoms with Crippen molar-refractivity contribution in [3.8, 4) is 5.69 Å². The first-order valence-electron chi connectivity index (χ1n) is 7.95. The van der Waals surface area contributed by atoms with E-state index in [1.54, 1.807) is 18.3 Å². The molecule has 0 aliphatic carbocycles. The molecule has 7 heteroatoms. The molecule has 3 aromatic rings. The summed E-state index contributed by atoms with van der Waals surface area (Å²) >= 11 is 6.32. The summed E-state index contributed by atoms with van der Waals surface area (Å²) < 4.78 is 2.08. The van der Waals surface area contributed by atoms with Crippen molar-refractivity contribution in [2.24, 2.45) is 5.10 Å². The maximum absolute atomic E-state index is 10.7.